The van der Waals surface area contributed by atoms with Crippen molar-refractivity contribution in [2.24, 2.45) is 0 Å². The lowest BCUT2D eigenvalue weighted by molar-refractivity contribution is 0.590. The smallest absolute Gasteiger partial charge is 0.261 e. The maximum absolute atomic E-state index is 13.1. The van der Waals surface area contributed by atoms with E-state index in [0.29, 0.717) is 5.69 Å². The van der Waals surface area contributed by atoms with Crippen molar-refractivity contribution in [3.63, 3.8) is 0 Å². The first kappa shape index (κ1) is 15.5. The van der Waals surface area contributed by atoms with Crippen molar-refractivity contribution in [3.05, 3.63) is 59.9 Å². The third-order valence-electron chi connectivity index (χ3n) is 3.11. The van der Waals surface area contributed by atoms with Gasteiger partial charge in [0.2, 0.25) is 0 Å². The molecule has 5 heteroatoms. The van der Waals surface area contributed by atoms with Gasteiger partial charge >= 0.3 is 0 Å². The molecule has 0 atom stereocenters. The number of halogens is 1. The Kier molecular flexibility index (Phi) is 4.05. The first-order valence-corrected chi connectivity index (χ1v) is 8.06. The van der Waals surface area contributed by atoms with Gasteiger partial charge in [0.05, 0.1) is 4.90 Å². The summed E-state index contributed by atoms with van der Waals surface area (Å²) in [4.78, 5) is -0.0950. The summed E-state index contributed by atoms with van der Waals surface area (Å²) in [7, 11) is -3.77. The molecule has 0 aliphatic heterocycles. The number of sulfonamides is 1. The molecule has 2 aromatic rings. The summed E-state index contributed by atoms with van der Waals surface area (Å²) < 4.78 is 39.9. The highest BCUT2D eigenvalue weighted by atomic mass is 32.2. The molecule has 1 N–H and O–H groups in total. The van der Waals surface area contributed by atoms with Crippen LogP contribution in [0.15, 0.2) is 53.4 Å². The van der Waals surface area contributed by atoms with Gasteiger partial charge in [0, 0.05) is 5.69 Å². The van der Waals surface area contributed by atoms with Crippen LogP contribution in [0.25, 0.3) is 0 Å². The summed E-state index contributed by atoms with van der Waals surface area (Å²) in [5.41, 5.74) is 1.56. The zero-order chi connectivity index (χ0) is 15.7. The summed E-state index contributed by atoms with van der Waals surface area (Å²) >= 11 is 0. The maximum Gasteiger partial charge on any atom is 0.261 e. The Bertz CT molecular complexity index is 732. The number of anilines is 1. The van der Waals surface area contributed by atoms with Crippen molar-refractivity contribution in [2.75, 3.05) is 4.72 Å². The summed E-state index contributed by atoms with van der Waals surface area (Å²) in [6.07, 6.45) is 0. The summed E-state index contributed by atoms with van der Waals surface area (Å²) in [6, 6.07) is 12.1. The number of nitrogens with one attached hydrogen (secondary N) is 1. The molecule has 21 heavy (non-hydrogen) atoms. The second-order valence-corrected chi connectivity index (χ2v) is 7.57. The Labute approximate surface area is 124 Å². The van der Waals surface area contributed by atoms with E-state index < -0.39 is 15.8 Å². The Morgan fingerprint density at radius 2 is 1.62 bits per heavy atom. The normalized spacial score (nSPS) is 12.2. The van der Waals surface area contributed by atoms with E-state index in [-0.39, 0.29) is 10.3 Å². The fraction of sp³-hybridized carbons (Fsp3) is 0.250. The Morgan fingerprint density at radius 1 is 1.00 bits per heavy atom. The highest BCUT2D eigenvalue weighted by Crippen LogP contribution is 2.24. The van der Waals surface area contributed by atoms with Crippen molar-refractivity contribution in [1.29, 1.82) is 0 Å². The fourth-order valence-electron chi connectivity index (χ4n) is 1.89. The number of benzene rings is 2. The molecule has 0 aliphatic carbocycles. The molecule has 112 valence electrons. The molecule has 0 saturated heterocycles. The molecule has 2 rings (SSSR count). The highest BCUT2D eigenvalue weighted by molar-refractivity contribution is 7.92. The SMILES string of the molecule is CC(C)(C)c1ccc(NS(=O)(=O)c2cccc(F)c2)cc1. The molecule has 0 aromatic heterocycles. The van der Waals surface area contributed by atoms with Gasteiger partial charge < -0.3 is 0 Å². The minimum absolute atomic E-state index is 0.0000361. The molecule has 0 heterocycles. The second kappa shape index (κ2) is 5.48. The molecule has 2 aromatic carbocycles. The van der Waals surface area contributed by atoms with E-state index in [1.807, 2.05) is 12.1 Å². The van der Waals surface area contributed by atoms with Gasteiger partial charge in [-0.3, -0.25) is 4.72 Å². The van der Waals surface area contributed by atoms with Crippen LogP contribution in [0.1, 0.15) is 26.3 Å². The molecule has 0 radical (unpaired) electrons. The van der Waals surface area contributed by atoms with Crippen LogP contribution in [0, 0.1) is 5.82 Å². The average molecular weight is 307 g/mol. The van der Waals surface area contributed by atoms with Gasteiger partial charge in [0.1, 0.15) is 5.82 Å². The highest BCUT2D eigenvalue weighted by Gasteiger charge is 2.16. The molecule has 0 amide bonds. The summed E-state index contributed by atoms with van der Waals surface area (Å²) in [5, 5.41) is 0. The number of hydrogen-bond acceptors (Lipinski definition) is 2. The zero-order valence-electron chi connectivity index (χ0n) is 12.2. The molecule has 0 spiro atoms. The zero-order valence-corrected chi connectivity index (χ0v) is 13.0. The van der Waals surface area contributed by atoms with Gasteiger partial charge in [-0.05, 0) is 41.3 Å². The Balaban J connectivity index is 2.25. The minimum Gasteiger partial charge on any atom is -0.280 e. The predicted molar refractivity (Wildman–Crippen MR) is 82.4 cm³/mol. The van der Waals surface area contributed by atoms with E-state index in [2.05, 4.69) is 25.5 Å². The Morgan fingerprint density at radius 3 is 2.14 bits per heavy atom. The Hall–Kier alpha value is -1.88. The van der Waals surface area contributed by atoms with Crippen LogP contribution >= 0.6 is 0 Å². The fourth-order valence-corrected chi connectivity index (χ4v) is 2.98. The minimum atomic E-state index is -3.77. The van der Waals surface area contributed by atoms with Crippen LogP contribution in [-0.2, 0) is 15.4 Å². The lowest BCUT2D eigenvalue weighted by atomic mass is 9.87. The maximum atomic E-state index is 13.1. The second-order valence-electron chi connectivity index (χ2n) is 5.89. The molecule has 0 bridgehead atoms. The van der Waals surface area contributed by atoms with Crippen LogP contribution < -0.4 is 4.72 Å². The molecular formula is C16H18FNO2S. The molecule has 0 unspecified atom stereocenters. The van der Waals surface area contributed by atoms with Crippen molar-refractivity contribution in [1.82, 2.24) is 0 Å². The quantitative estimate of drug-likeness (QED) is 0.934. The lowest BCUT2D eigenvalue weighted by Crippen LogP contribution is -2.14. The predicted octanol–water partition coefficient (Wildman–Crippen LogP) is 3.92. The van der Waals surface area contributed by atoms with E-state index >= 15 is 0 Å². The van der Waals surface area contributed by atoms with Crippen LogP contribution in [0.5, 0.6) is 0 Å². The van der Waals surface area contributed by atoms with Crippen LogP contribution in [0.2, 0.25) is 0 Å². The molecule has 0 fully saturated rings. The summed E-state index contributed by atoms with van der Waals surface area (Å²) in [6.45, 7) is 6.25. The molecule has 0 saturated carbocycles. The monoisotopic (exact) mass is 307 g/mol. The van der Waals surface area contributed by atoms with Crippen molar-refractivity contribution >= 4 is 15.7 Å². The van der Waals surface area contributed by atoms with Crippen LogP contribution in [0.4, 0.5) is 10.1 Å². The van der Waals surface area contributed by atoms with Gasteiger partial charge in [0.25, 0.3) is 10.0 Å². The van der Waals surface area contributed by atoms with E-state index in [0.717, 1.165) is 11.6 Å². The van der Waals surface area contributed by atoms with Crippen LogP contribution in [0.3, 0.4) is 0 Å². The first-order valence-electron chi connectivity index (χ1n) is 6.57. The topological polar surface area (TPSA) is 46.2 Å². The van der Waals surface area contributed by atoms with Gasteiger partial charge in [-0.1, -0.05) is 39.0 Å². The third kappa shape index (κ3) is 3.82. The van der Waals surface area contributed by atoms with Gasteiger partial charge in [-0.25, -0.2) is 12.8 Å². The van der Waals surface area contributed by atoms with Crippen molar-refractivity contribution in [3.8, 4) is 0 Å². The van der Waals surface area contributed by atoms with Gasteiger partial charge in [0.15, 0.2) is 0 Å². The molecule has 3 nitrogen and oxygen atoms in total. The van der Waals surface area contributed by atoms with Crippen molar-refractivity contribution < 1.29 is 12.8 Å². The number of rotatable bonds is 3. The van der Waals surface area contributed by atoms with E-state index in [1.54, 1.807) is 12.1 Å². The average Bonchev–Trinajstić information content (AvgIpc) is 2.38. The van der Waals surface area contributed by atoms with Gasteiger partial charge in [-0.2, -0.15) is 0 Å². The van der Waals surface area contributed by atoms with E-state index in [1.165, 1.54) is 18.2 Å². The number of hydrogen-bond donors (Lipinski definition) is 1. The summed E-state index contributed by atoms with van der Waals surface area (Å²) in [5.74, 6) is -0.582. The van der Waals surface area contributed by atoms with E-state index in [4.69, 9.17) is 0 Å². The van der Waals surface area contributed by atoms with E-state index in [9.17, 15) is 12.8 Å². The first-order chi connectivity index (χ1) is 9.68. The van der Waals surface area contributed by atoms with Crippen LogP contribution in [-0.4, -0.2) is 8.42 Å². The standard InChI is InChI=1S/C16H18FNO2S/c1-16(2,3)12-7-9-14(10-8-12)18-21(19,20)15-6-4-5-13(17)11-15/h4-11,18H,1-3H3. The van der Waals surface area contributed by atoms with Gasteiger partial charge in [-0.15, -0.1) is 0 Å². The van der Waals surface area contributed by atoms with Crippen molar-refractivity contribution in [2.45, 2.75) is 31.1 Å². The molecular weight excluding hydrogens is 289 g/mol. The lowest BCUT2D eigenvalue weighted by Gasteiger charge is -2.19. The third-order valence-corrected chi connectivity index (χ3v) is 4.49. The largest absolute Gasteiger partial charge is 0.280 e. The molecule has 0 aliphatic rings.